The van der Waals surface area contributed by atoms with Gasteiger partial charge >= 0.3 is 7.75 Å². The van der Waals surface area contributed by atoms with Crippen molar-refractivity contribution in [2.45, 2.75) is 174 Å². The van der Waals surface area contributed by atoms with Gasteiger partial charge in [0.1, 0.15) is 0 Å². The summed E-state index contributed by atoms with van der Waals surface area (Å²) in [7, 11) is 5.29. The van der Waals surface area contributed by atoms with Crippen LogP contribution >= 0.6 is 7.75 Å². The summed E-state index contributed by atoms with van der Waals surface area (Å²) < 4.78 is 28.6. The zero-order valence-corrected chi connectivity index (χ0v) is 30.0. The monoisotopic (exact) mass is 604 g/mol. The molecule has 5 nitrogen and oxygen atoms in total. The number of nitrogens with zero attached hydrogens (tertiary/aromatic N) is 2. The molecule has 0 saturated heterocycles. The molecule has 0 spiro atoms. The van der Waals surface area contributed by atoms with E-state index in [4.69, 9.17) is 9.05 Å². The fourth-order valence-corrected chi connectivity index (χ4v) is 6.95. The number of rotatable bonds is 33. The van der Waals surface area contributed by atoms with Gasteiger partial charge in [0.2, 0.25) is 0 Å². The predicted octanol–water partition coefficient (Wildman–Crippen LogP) is 11.6. The first-order chi connectivity index (χ1) is 19.7. The maximum absolute atomic E-state index is 13.7. The van der Waals surface area contributed by atoms with Crippen molar-refractivity contribution >= 4 is 7.75 Å². The van der Waals surface area contributed by atoms with Crippen molar-refractivity contribution < 1.29 is 18.1 Å². The Labute approximate surface area is 259 Å². The minimum absolute atomic E-state index is 0.535. The van der Waals surface area contributed by atoms with Crippen molar-refractivity contribution in [3.63, 3.8) is 0 Å². The smallest absolute Gasteiger partial charge is 0.331 e. The minimum Gasteiger partial charge on any atom is -0.331 e. The molecule has 0 unspecified atom stereocenters. The topological polar surface area (TPSA) is 38.8 Å². The quantitative estimate of drug-likeness (QED) is 0.0425. The molecule has 0 aromatic heterocycles. The molecule has 0 fully saturated rings. The first-order valence-corrected chi connectivity index (χ1v) is 19.7. The van der Waals surface area contributed by atoms with Crippen molar-refractivity contribution in [3.05, 3.63) is 0 Å². The lowest BCUT2D eigenvalue weighted by atomic mass is 10.1. The van der Waals surface area contributed by atoms with Gasteiger partial charge in [0.15, 0.2) is 0 Å². The lowest BCUT2D eigenvalue weighted by molar-refractivity contribution is -0.870. The van der Waals surface area contributed by atoms with Gasteiger partial charge in [-0.05, 0) is 19.9 Å². The van der Waals surface area contributed by atoms with Crippen LogP contribution in [-0.2, 0) is 13.6 Å². The van der Waals surface area contributed by atoms with Gasteiger partial charge in [-0.3, -0.25) is 9.05 Å². The van der Waals surface area contributed by atoms with E-state index in [-0.39, 0.29) is 0 Å². The van der Waals surface area contributed by atoms with E-state index in [2.05, 4.69) is 35.0 Å². The second-order valence-corrected chi connectivity index (χ2v) is 15.8. The Morgan fingerprint density at radius 3 is 1.07 bits per heavy atom. The van der Waals surface area contributed by atoms with Crippen LogP contribution in [0.4, 0.5) is 0 Å². The van der Waals surface area contributed by atoms with Gasteiger partial charge in [0.25, 0.3) is 0 Å². The van der Waals surface area contributed by atoms with Gasteiger partial charge in [0, 0.05) is 13.0 Å². The highest BCUT2D eigenvalue weighted by Crippen LogP contribution is 2.51. The summed E-state index contributed by atoms with van der Waals surface area (Å²) in [6.07, 6.45) is 32.5. The molecule has 0 aliphatic rings. The van der Waals surface area contributed by atoms with E-state index in [1.54, 1.807) is 0 Å². The Bertz CT molecular complexity index is 548. The van der Waals surface area contributed by atoms with Crippen molar-refractivity contribution in [2.75, 3.05) is 54.5 Å². The summed E-state index contributed by atoms with van der Waals surface area (Å²) in [6.45, 7) is 7.41. The standard InChI is InChI=1S/C35H76N2O3P/c1-7-9-11-13-15-17-19-21-23-25-27-29-34-39-41(38,36(3)32-31-33-37(4,5)6)40-35-30-28-26-24-22-20-18-16-14-12-10-8-2/h7-35H2,1-6H3/q+1. The van der Waals surface area contributed by atoms with Crippen LogP contribution in [0, 0.1) is 0 Å². The molecule has 0 rings (SSSR count). The first-order valence-electron chi connectivity index (χ1n) is 18.2. The van der Waals surface area contributed by atoms with Crippen LogP contribution in [0.15, 0.2) is 0 Å². The third-order valence-electron chi connectivity index (χ3n) is 8.23. The van der Waals surface area contributed by atoms with Gasteiger partial charge in [-0.1, -0.05) is 155 Å². The highest BCUT2D eigenvalue weighted by molar-refractivity contribution is 7.51. The van der Waals surface area contributed by atoms with Gasteiger partial charge in [0.05, 0.1) is 40.9 Å². The van der Waals surface area contributed by atoms with Gasteiger partial charge in [-0.2, -0.15) is 0 Å². The fraction of sp³-hybridized carbons (Fsp3) is 1.00. The maximum atomic E-state index is 13.7. The SMILES string of the molecule is CCCCCCCCCCCCCCOP(=O)(OCCCCCCCCCCCCCC)N(C)CCC[N+](C)(C)C. The Hall–Kier alpha value is 0.0700. The van der Waals surface area contributed by atoms with Crippen molar-refractivity contribution in [2.24, 2.45) is 0 Å². The Kier molecular flexibility index (Phi) is 28.9. The number of hydrogen-bond donors (Lipinski definition) is 0. The lowest BCUT2D eigenvalue weighted by Gasteiger charge is -2.29. The van der Waals surface area contributed by atoms with E-state index < -0.39 is 7.75 Å². The Morgan fingerprint density at radius 1 is 0.488 bits per heavy atom. The van der Waals surface area contributed by atoms with Crippen LogP contribution in [0.25, 0.3) is 0 Å². The van der Waals surface area contributed by atoms with Crippen molar-refractivity contribution in [1.82, 2.24) is 4.67 Å². The molecule has 0 N–H and O–H groups in total. The van der Waals surface area contributed by atoms with E-state index in [0.717, 1.165) is 49.7 Å². The molecule has 0 aromatic carbocycles. The number of hydrogen-bond acceptors (Lipinski definition) is 3. The molecule has 0 aromatic rings. The summed E-state index contributed by atoms with van der Waals surface area (Å²) in [5.74, 6) is 0. The van der Waals surface area contributed by atoms with Gasteiger partial charge < -0.3 is 4.48 Å². The lowest BCUT2D eigenvalue weighted by Crippen LogP contribution is -2.36. The molecule has 0 amide bonds. The molecule has 0 saturated carbocycles. The summed E-state index contributed by atoms with van der Waals surface area (Å²) >= 11 is 0. The van der Waals surface area contributed by atoms with E-state index in [9.17, 15) is 4.57 Å². The molecular weight excluding hydrogens is 527 g/mol. The summed E-state index contributed by atoms with van der Waals surface area (Å²) in [5.41, 5.74) is 0. The van der Waals surface area contributed by atoms with Crippen molar-refractivity contribution in [1.29, 1.82) is 0 Å². The van der Waals surface area contributed by atoms with Crippen LogP contribution in [0.1, 0.15) is 174 Å². The van der Waals surface area contributed by atoms with Crippen molar-refractivity contribution in [3.8, 4) is 0 Å². The molecule has 0 bridgehead atoms. The Balaban J connectivity index is 4.14. The van der Waals surface area contributed by atoms with Crippen LogP contribution < -0.4 is 0 Å². The first kappa shape index (κ1) is 41.1. The summed E-state index contributed by atoms with van der Waals surface area (Å²) in [6, 6.07) is 0. The van der Waals surface area contributed by atoms with Crippen LogP contribution in [-0.4, -0.2) is 63.6 Å². The third kappa shape index (κ3) is 28.6. The molecule has 248 valence electrons. The van der Waals surface area contributed by atoms with Crippen LogP contribution in [0.2, 0.25) is 0 Å². The average molecular weight is 604 g/mol. The molecule has 0 aliphatic carbocycles. The number of quaternary nitrogens is 1. The molecule has 0 radical (unpaired) electrons. The summed E-state index contributed by atoms with van der Waals surface area (Å²) in [4.78, 5) is 0. The Morgan fingerprint density at radius 2 is 0.780 bits per heavy atom. The van der Waals surface area contributed by atoms with Gasteiger partial charge in [-0.15, -0.1) is 0 Å². The largest absolute Gasteiger partial charge is 0.407 e. The molecule has 0 aliphatic heterocycles. The second-order valence-electron chi connectivity index (χ2n) is 13.7. The van der Waals surface area contributed by atoms with E-state index in [1.807, 2.05) is 11.7 Å². The van der Waals surface area contributed by atoms with Crippen LogP contribution in [0.3, 0.4) is 0 Å². The summed E-state index contributed by atoms with van der Waals surface area (Å²) in [5, 5.41) is 0. The molecule has 41 heavy (non-hydrogen) atoms. The van der Waals surface area contributed by atoms with E-state index >= 15 is 0 Å². The molecule has 0 atom stereocenters. The van der Waals surface area contributed by atoms with Crippen LogP contribution in [0.5, 0.6) is 0 Å². The highest BCUT2D eigenvalue weighted by atomic mass is 31.2. The van der Waals surface area contributed by atoms with E-state index in [1.165, 1.54) is 128 Å². The molecule has 0 heterocycles. The fourth-order valence-electron chi connectivity index (χ4n) is 5.38. The maximum Gasteiger partial charge on any atom is 0.407 e. The minimum atomic E-state index is -3.23. The predicted molar refractivity (Wildman–Crippen MR) is 182 cm³/mol. The zero-order valence-electron chi connectivity index (χ0n) is 29.1. The third-order valence-corrected chi connectivity index (χ3v) is 10.3. The second kappa shape index (κ2) is 28.8. The normalized spacial score (nSPS) is 12.6. The number of unbranched alkanes of at least 4 members (excludes halogenated alkanes) is 22. The van der Waals surface area contributed by atoms with Gasteiger partial charge in [-0.25, -0.2) is 9.24 Å². The average Bonchev–Trinajstić information content (AvgIpc) is 2.93. The highest BCUT2D eigenvalue weighted by Gasteiger charge is 2.30. The molecular formula is C35H76N2O3P+. The van der Waals surface area contributed by atoms with E-state index in [0.29, 0.717) is 13.2 Å². The molecule has 6 heteroatoms. The zero-order chi connectivity index (χ0) is 30.5.